The van der Waals surface area contributed by atoms with Gasteiger partial charge in [-0.05, 0) is 71.0 Å². The van der Waals surface area contributed by atoms with E-state index in [2.05, 4.69) is 20.6 Å². The minimum atomic E-state index is -0.712. The van der Waals surface area contributed by atoms with Crippen molar-refractivity contribution in [3.63, 3.8) is 0 Å². The molecule has 156 valence electrons. The molecule has 0 bridgehead atoms. The summed E-state index contributed by atoms with van der Waals surface area (Å²) < 4.78 is 19.0. The van der Waals surface area contributed by atoms with Crippen LogP contribution in [0.2, 0.25) is 0 Å². The average molecular weight is 410 g/mol. The third-order valence-electron chi connectivity index (χ3n) is 4.20. The summed E-state index contributed by atoms with van der Waals surface area (Å²) in [5, 5.41) is 5.16. The van der Waals surface area contributed by atoms with E-state index in [1.165, 1.54) is 12.1 Å². The fraction of sp³-hybridized carbons (Fsp3) is 0.273. The normalized spacial score (nSPS) is 11.3. The Kier molecular flexibility index (Phi) is 5.69. The van der Waals surface area contributed by atoms with Crippen LogP contribution in [0.4, 0.5) is 20.6 Å². The number of rotatable bonds is 3. The molecule has 2 amide bonds. The molecule has 0 atom stereocenters. The lowest BCUT2D eigenvalue weighted by atomic mass is 10.1. The summed E-state index contributed by atoms with van der Waals surface area (Å²) in [5.74, 6) is -1.04. The van der Waals surface area contributed by atoms with Crippen LogP contribution in [0.15, 0.2) is 36.4 Å². The van der Waals surface area contributed by atoms with Crippen LogP contribution < -0.4 is 10.6 Å². The van der Waals surface area contributed by atoms with Crippen molar-refractivity contribution in [3.8, 4) is 0 Å². The number of carbonyl (C=O) groups is 2. The molecule has 0 saturated heterocycles. The largest absolute Gasteiger partial charge is 0.444 e. The predicted molar refractivity (Wildman–Crippen MR) is 113 cm³/mol. The number of halogens is 1. The Balaban J connectivity index is 1.86. The number of anilines is 2. The number of nitrogens with zero attached hydrogens (tertiary/aromatic N) is 2. The van der Waals surface area contributed by atoms with Crippen molar-refractivity contribution >= 4 is 34.4 Å². The van der Waals surface area contributed by atoms with E-state index in [0.29, 0.717) is 16.6 Å². The van der Waals surface area contributed by atoms with Crippen molar-refractivity contribution in [2.24, 2.45) is 0 Å². The molecule has 0 radical (unpaired) electrons. The van der Waals surface area contributed by atoms with Crippen LogP contribution in [-0.2, 0) is 4.74 Å². The van der Waals surface area contributed by atoms with Crippen molar-refractivity contribution in [1.29, 1.82) is 0 Å². The summed E-state index contributed by atoms with van der Waals surface area (Å²) >= 11 is 0. The second kappa shape index (κ2) is 8.06. The topological polar surface area (TPSA) is 93.2 Å². The number of fused-ring (bicyclic) bond motifs is 1. The number of hydrogen-bond acceptors (Lipinski definition) is 5. The molecule has 7 nitrogen and oxygen atoms in total. The van der Waals surface area contributed by atoms with Crippen molar-refractivity contribution in [3.05, 3.63) is 59.2 Å². The Hall–Kier alpha value is -3.55. The highest BCUT2D eigenvalue weighted by Crippen LogP contribution is 2.25. The zero-order valence-electron chi connectivity index (χ0n) is 17.5. The summed E-state index contributed by atoms with van der Waals surface area (Å²) in [6.07, 6.45) is -0.712. The number of aromatic nitrogens is 2. The molecule has 0 aliphatic rings. The second-order valence-electron chi connectivity index (χ2n) is 7.87. The van der Waals surface area contributed by atoms with Gasteiger partial charge in [0.1, 0.15) is 11.4 Å². The van der Waals surface area contributed by atoms with Crippen LogP contribution in [0.25, 0.3) is 11.0 Å². The van der Waals surface area contributed by atoms with Gasteiger partial charge < -0.3 is 10.1 Å². The number of benzene rings is 2. The SMILES string of the molecule is Cc1nc2ccc(C(=O)Nc3cc(F)ccc3NC(=O)OC(C)(C)C)cc2nc1C. The zero-order chi connectivity index (χ0) is 22.1. The lowest BCUT2D eigenvalue weighted by Crippen LogP contribution is -2.27. The van der Waals surface area contributed by atoms with Gasteiger partial charge in [0.25, 0.3) is 5.91 Å². The number of amides is 2. The lowest BCUT2D eigenvalue weighted by molar-refractivity contribution is 0.0635. The third kappa shape index (κ3) is 5.08. The molecule has 0 unspecified atom stereocenters. The fourth-order valence-corrected chi connectivity index (χ4v) is 2.71. The maximum atomic E-state index is 13.8. The summed E-state index contributed by atoms with van der Waals surface area (Å²) in [7, 11) is 0. The highest BCUT2D eigenvalue weighted by atomic mass is 19.1. The van der Waals surface area contributed by atoms with E-state index in [1.807, 2.05) is 13.8 Å². The number of carbonyl (C=O) groups excluding carboxylic acids is 2. The van der Waals surface area contributed by atoms with Gasteiger partial charge in [-0.25, -0.2) is 19.2 Å². The lowest BCUT2D eigenvalue weighted by Gasteiger charge is -2.20. The quantitative estimate of drug-likeness (QED) is 0.635. The molecule has 0 aliphatic carbocycles. The molecule has 3 aromatic rings. The molecule has 30 heavy (non-hydrogen) atoms. The van der Waals surface area contributed by atoms with E-state index >= 15 is 0 Å². The van der Waals surface area contributed by atoms with Crippen molar-refractivity contribution in [2.75, 3.05) is 10.6 Å². The van der Waals surface area contributed by atoms with Crippen molar-refractivity contribution in [1.82, 2.24) is 9.97 Å². The molecule has 2 aromatic carbocycles. The molecule has 8 heteroatoms. The van der Waals surface area contributed by atoms with Gasteiger partial charge in [-0.3, -0.25) is 10.1 Å². The van der Waals surface area contributed by atoms with Crippen LogP contribution in [0.5, 0.6) is 0 Å². The second-order valence-corrected chi connectivity index (χ2v) is 7.87. The Bertz CT molecular complexity index is 1140. The highest BCUT2D eigenvalue weighted by Gasteiger charge is 2.18. The van der Waals surface area contributed by atoms with Gasteiger partial charge in [0, 0.05) is 5.56 Å². The number of hydrogen-bond donors (Lipinski definition) is 2. The van der Waals surface area contributed by atoms with Crippen LogP contribution in [0, 0.1) is 19.7 Å². The molecule has 1 aromatic heterocycles. The van der Waals surface area contributed by atoms with Crippen LogP contribution in [-0.4, -0.2) is 27.6 Å². The number of nitrogens with one attached hydrogen (secondary N) is 2. The molecule has 0 spiro atoms. The van der Waals surface area contributed by atoms with E-state index < -0.39 is 23.4 Å². The van der Waals surface area contributed by atoms with E-state index in [4.69, 9.17) is 4.74 Å². The molecule has 2 N–H and O–H groups in total. The van der Waals surface area contributed by atoms with Gasteiger partial charge in [-0.2, -0.15) is 0 Å². The Labute approximate surface area is 173 Å². The first-order valence-corrected chi connectivity index (χ1v) is 9.38. The van der Waals surface area contributed by atoms with Crippen molar-refractivity contribution in [2.45, 2.75) is 40.2 Å². The van der Waals surface area contributed by atoms with Gasteiger partial charge in [0.2, 0.25) is 0 Å². The van der Waals surface area contributed by atoms with E-state index in [-0.39, 0.29) is 11.4 Å². The fourth-order valence-electron chi connectivity index (χ4n) is 2.71. The minimum Gasteiger partial charge on any atom is -0.444 e. The summed E-state index contributed by atoms with van der Waals surface area (Å²) in [6.45, 7) is 8.89. The van der Waals surface area contributed by atoms with Crippen molar-refractivity contribution < 1.29 is 18.7 Å². The van der Waals surface area contributed by atoms with Gasteiger partial charge >= 0.3 is 6.09 Å². The monoisotopic (exact) mass is 410 g/mol. The molecule has 0 saturated carbocycles. The maximum Gasteiger partial charge on any atom is 0.412 e. The molecular weight excluding hydrogens is 387 g/mol. The van der Waals surface area contributed by atoms with Crippen LogP contribution in [0.3, 0.4) is 0 Å². The van der Waals surface area contributed by atoms with E-state index in [0.717, 1.165) is 17.5 Å². The summed E-state index contributed by atoms with van der Waals surface area (Å²) in [5.41, 5.74) is 2.79. The number of ether oxygens (including phenoxy) is 1. The average Bonchev–Trinajstić information content (AvgIpc) is 2.63. The maximum absolute atomic E-state index is 13.8. The Morgan fingerprint density at radius 2 is 1.57 bits per heavy atom. The minimum absolute atomic E-state index is 0.108. The predicted octanol–water partition coefficient (Wildman–Crippen LogP) is 4.99. The van der Waals surface area contributed by atoms with E-state index in [1.54, 1.807) is 39.0 Å². The first kappa shape index (κ1) is 21.2. The molecular formula is C22H23FN4O3. The van der Waals surface area contributed by atoms with Gasteiger partial charge in [0.15, 0.2) is 0 Å². The molecule has 3 rings (SSSR count). The van der Waals surface area contributed by atoms with Gasteiger partial charge in [-0.1, -0.05) is 0 Å². The molecule has 0 fully saturated rings. The summed E-state index contributed by atoms with van der Waals surface area (Å²) in [6, 6.07) is 8.59. The first-order valence-electron chi connectivity index (χ1n) is 9.38. The van der Waals surface area contributed by atoms with Crippen LogP contribution in [0.1, 0.15) is 42.5 Å². The van der Waals surface area contributed by atoms with Gasteiger partial charge in [-0.15, -0.1) is 0 Å². The third-order valence-corrected chi connectivity index (χ3v) is 4.20. The highest BCUT2D eigenvalue weighted by molar-refractivity contribution is 6.08. The molecule has 1 heterocycles. The smallest absolute Gasteiger partial charge is 0.412 e. The van der Waals surface area contributed by atoms with E-state index in [9.17, 15) is 14.0 Å². The first-order chi connectivity index (χ1) is 14.0. The standard InChI is InChI=1S/C22H23FN4O3/c1-12-13(2)25-18-10-14(6-8-16(18)24-12)20(28)26-19-11-15(23)7-9-17(19)27-21(29)30-22(3,4)5/h6-11H,1-5H3,(H,26,28)(H,27,29). The Morgan fingerprint density at radius 1 is 0.900 bits per heavy atom. The summed E-state index contributed by atoms with van der Waals surface area (Å²) in [4.78, 5) is 33.7. The zero-order valence-corrected chi connectivity index (χ0v) is 17.5. The molecule has 0 aliphatic heterocycles. The van der Waals surface area contributed by atoms with Crippen LogP contribution >= 0.6 is 0 Å². The van der Waals surface area contributed by atoms with Gasteiger partial charge in [0.05, 0.1) is 33.8 Å². The Morgan fingerprint density at radius 3 is 2.23 bits per heavy atom. The number of aryl methyl sites for hydroxylation is 2.